The van der Waals surface area contributed by atoms with Crippen molar-refractivity contribution < 1.29 is 23.5 Å². The maximum Gasteiger partial charge on any atom is 0.338 e. The highest BCUT2D eigenvalue weighted by atomic mass is 16.5. The van der Waals surface area contributed by atoms with Crippen molar-refractivity contribution in [1.29, 1.82) is 0 Å². The van der Waals surface area contributed by atoms with Gasteiger partial charge in [0.15, 0.2) is 0 Å². The minimum absolute atomic E-state index is 0.0427. The minimum atomic E-state index is -0.750. The number of urea groups is 1. The largest absolute Gasteiger partial charge is 0.467 e. The highest BCUT2D eigenvalue weighted by Gasteiger charge is 2.35. The third kappa shape index (κ3) is 4.53. The fourth-order valence-corrected chi connectivity index (χ4v) is 3.48. The molecular weight excluding hydrogens is 364 g/mol. The van der Waals surface area contributed by atoms with Crippen LogP contribution in [0.5, 0.6) is 0 Å². The van der Waals surface area contributed by atoms with Crippen LogP contribution in [-0.4, -0.2) is 67.5 Å². The van der Waals surface area contributed by atoms with Gasteiger partial charge in [-0.3, -0.25) is 9.69 Å². The molecule has 2 aliphatic heterocycles. The van der Waals surface area contributed by atoms with E-state index in [1.807, 2.05) is 4.90 Å². The summed E-state index contributed by atoms with van der Waals surface area (Å²) in [6.45, 7) is 3.91. The Morgan fingerprint density at radius 2 is 2.11 bits per heavy atom. The van der Waals surface area contributed by atoms with E-state index in [0.717, 1.165) is 25.9 Å². The van der Waals surface area contributed by atoms with Crippen LogP contribution in [0.3, 0.4) is 0 Å². The van der Waals surface area contributed by atoms with Crippen molar-refractivity contribution in [3.63, 3.8) is 0 Å². The number of ether oxygens (including phenoxy) is 1. The molecule has 0 aliphatic carbocycles. The zero-order valence-corrected chi connectivity index (χ0v) is 16.2. The molecule has 0 aromatic carbocycles. The Kier molecular flexibility index (Phi) is 6.35. The van der Waals surface area contributed by atoms with Gasteiger partial charge in [0.2, 0.25) is 5.91 Å². The maximum absolute atomic E-state index is 12.6. The van der Waals surface area contributed by atoms with Gasteiger partial charge in [-0.25, -0.2) is 9.59 Å². The molecule has 1 saturated heterocycles. The lowest BCUT2D eigenvalue weighted by Gasteiger charge is -2.30. The summed E-state index contributed by atoms with van der Waals surface area (Å²) >= 11 is 0. The van der Waals surface area contributed by atoms with Gasteiger partial charge in [-0.2, -0.15) is 0 Å². The number of carbonyl (C=O) groups excluding carboxylic acids is 3. The standard InChI is InChI=1S/C19H26N4O5/c1-3-27-18(25)16-13(11-22(2)12-15(24)23-8-4-5-9-23)20-19(26)21-17(16)14-7-6-10-28-14/h6-7,10,17H,3-5,8-9,11-12H2,1-2H3,(H2,20,21,26). The molecule has 3 rings (SSSR count). The van der Waals surface area contributed by atoms with Gasteiger partial charge in [0.05, 0.1) is 25.0 Å². The molecule has 2 N–H and O–H groups in total. The number of hydrogen-bond acceptors (Lipinski definition) is 6. The lowest BCUT2D eigenvalue weighted by Crippen LogP contribution is -2.49. The van der Waals surface area contributed by atoms with E-state index >= 15 is 0 Å². The number of hydrogen-bond donors (Lipinski definition) is 2. The average molecular weight is 390 g/mol. The van der Waals surface area contributed by atoms with E-state index < -0.39 is 18.0 Å². The molecule has 1 aromatic heterocycles. The first-order valence-corrected chi connectivity index (χ1v) is 9.47. The second-order valence-electron chi connectivity index (χ2n) is 6.92. The van der Waals surface area contributed by atoms with Crippen molar-refractivity contribution in [2.75, 3.05) is 39.8 Å². The van der Waals surface area contributed by atoms with Crippen molar-refractivity contribution in [3.8, 4) is 0 Å². The SMILES string of the molecule is CCOC(=O)C1=C(CN(C)CC(=O)N2CCCC2)NC(=O)NC1c1ccco1. The summed E-state index contributed by atoms with van der Waals surface area (Å²) in [6, 6.07) is 2.18. The first kappa shape index (κ1) is 19.9. The maximum atomic E-state index is 12.6. The Morgan fingerprint density at radius 1 is 1.36 bits per heavy atom. The first-order valence-electron chi connectivity index (χ1n) is 9.47. The normalized spacial score (nSPS) is 19.6. The number of esters is 1. The molecule has 0 radical (unpaired) electrons. The Labute approximate surface area is 163 Å². The predicted octanol–water partition coefficient (Wildman–Crippen LogP) is 1.00. The van der Waals surface area contributed by atoms with Gasteiger partial charge >= 0.3 is 12.0 Å². The third-order valence-corrected chi connectivity index (χ3v) is 4.77. The summed E-state index contributed by atoms with van der Waals surface area (Å²) < 4.78 is 10.6. The molecule has 9 nitrogen and oxygen atoms in total. The van der Waals surface area contributed by atoms with Crippen LogP contribution in [-0.2, 0) is 14.3 Å². The number of nitrogens with zero attached hydrogens (tertiary/aromatic N) is 2. The fraction of sp³-hybridized carbons (Fsp3) is 0.526. The highest BCUT2D eigenvalue weighted by molar-refractivity contribution is 5.95. The van der Waals surface area contributed by atoms with Crippen LogP contribution >= 0.6 is 0 Å². The topological polar surface area (TPSA) is 104 Å². The number of furan rings is 1. The number of rotatable bonds is 7. The van der Waals surface area contributed by atoms with E-state index in [4.69, 9.17) is 9.15 Å². The summed E-state index contributed by atoms with van der Waals surface area (Å²) in [6.07, 6.45) is 3.53. The van der Waals surface area contributed by atoms with Gasteiger partial charge in [-0.15, -0.1) is 0 Å². The van der Waals surface area contributed by atoms with Gasteiger partial charge in [0.1, 0.15) is 11.8 Å². The molecule has 1 atom stereocenters. The summed E-state index contributed by atoms with van der Waals surface area (Å²) in [5, 5.41) is 5.39. The smallest absolute Gasteiger partial charge is 0.338 e. The van der Waals surface area contributed by atoms with E-state index in [-0.39, 0.29) is 31.2 Å². The average Bonchev–Trinajstić information content (AvgIpc) is 3.35. The van der Waals surface area contributed by atoms with E-state index in [0.29, 0.717) is 11.5 Å². The minimum Gasteiger partial charge on any atom is -0.467 e. The number of amides is 3. The van der Waals surface area contributed by atoms with E-state index in [2.05, 4.69) is 10.6 Å². The van der Waals surface area contributed by atoms with E-state index in [9.17, 15) is 14.4 Å². The molecule has 0 bridgehead atoms. The van der Waals surface area contributed by atoms with Crippen LogP contribution in [0.4, 0.5) is 4.79 Å². The van der Waals surface area contributed by atoms with Crippen LogP contribution in [0.1, 0.15) is 31.6 Å². The molecule has 1 aromatic rings. The molecule has 1 unspecified atom stereocenters. The van der Waals surface area contributed by atoms with Gasteiger partial charge in [-0.1, -0.05) is 0 Å². The molecule has 2 aliphatic rings. The van der Waals surface area contributed by atoms with Crippen molar-refractivity contribution in [2.24, 2.45) is 0 Å². The van der Waals surface area contributed by atoms with Crippen LogP contribution in [0, 0.1) is 0 Å². The second kappa shape index (κ2) is 8.92. The zero-order chi connectivity index (χ0) is 20.1. The Hall–Kier alpha value is -2.81. The lowest BCUT2D eigenvalue weighted by molar-refractivity contribution is -0.139. The van der Waals surface area contributed by atoms with E-state index in [1.165, 1.54) is 6.26 Å². The van der Waals surface area contributed by atoms with Gasteiger partial charge in [0, 0.05) is 25.3 Å². The first-order chi connectivity index (χ1) is 13.5. The van der Waals surface area contributed by atoms with Gasteiger partial charge < -0.3 is 24.7 Å². The predicted molar refractivity (Wildman–Crippen MR) is 100 cm³/mol. The summed E-state index contributed by atoms with van der Waals surface area (Å²) in [5.41, 5.74) is 0.678. The van der Waals surface area contributed by atoms with Crippen LogP contribution in [0.25, 0.3) is 0 Å². The summed E-state index contributed by atoms with van der Waals surface area (Å²) in [5.74, 6) is -0.0574. The molecule has 1 fully saturated rings. The molecule has 152 valence electrons. The van der Waals surface area contributed by atoms with Crippen LogP contribution in [0.15, 0.2) is 34.1 Å². The van der Waals surface area contributed by atoms with Crippen LogP contribution in [0.2, 0.25) is 0 Å². The number of carbonyl (C=O) groups is 3. The lowest BCUT2D eigenvalue weighted by atomic mass is 10.00. The highest BCUT2D eigenvalue weighted by Crippen LogP contribution is 2.28. The Balaban J connectivity index is 1.82. The molecule has 9 heteroatoms. The van der Waals surface area contributed by atoms with Crippen molar-refractivity contribution in [2.45, 2.75) is 25.8 Å². The molecule has 0 spiro atoms. The molecule has 3 heterocycles. The number of likely N-dealkylation sites (N-methyl/N-ethyl adjacent to an activating group) is 1. The third-order valence-electron chi connectivity index (χ3n) is 4.77. The van der Waals surface area contributed by atoms with Crippen molar-refractivity contribution in [1.82, 2.24) is 20.4 Å². The Bertz CT molecular complexity index is 752. The Morgan fingerprint density at radius 3 is 2.75 bits per heavy atom. The fourth-order valence-electron chi connectivity index (χ4n) is 3.48. The van der Waals surface area contributed by atoms with Crippen molar-refractivity contribution in [3.05, 3.63) is 35.4 Å². The van der Waals surface area contributed by atoms with Crippen LogP contribution < -0.4 is 10.6 Å². The number of likely N-dealkylation sites (tertiary alicyclic amines) is 1. The van der Waals surface area contributed by atoms with Crippen molar-refractivity contribution >= 4 is 17.9 Å². The summed E-state index contributed by atoms with van der Waals surface area (Å²) in [4.78, 5) is 40.8. The second-order valence-corrected chi connectivity index (χ2v) is 6.92. The zero-order valence-electron chi connectivity index (χ0n) is 16.2. The molecule has 28 heavy (non-hydrogen) atoms. The van der Waals surface area contributed by atoms with E-state index in [1.54, 1.807) is 31.0 Å². The van der Waals surface area contributed by atoms with Gasteiger partial charge in [-0.05, 0) is 38.9 Å². The monoisotopic (exact) mass is 390 g/mol. The molecule has 0 saturated carbocycles. The number of nitrogens with one attached hydrogen (secondary N) is 2. The van der Waals surface area contributed by atoms with Gasteiger partial charge in [0.25, 0.3) is 0 Å². The summed E-state index contributed by atoms with van der Waals surface area (Å²) in [7, 11) is 1.78. The molecular formula is C19H26N4O5. The molecule has 3 amide bonds. The quantitative estimate of drug-likeness (QED) is 0.674.